The molecule has 0 atom stereocenters. The van der Waals surface area contributed by atoms with E-state index < -0.39 is 17.3 Å². The van der Waals surface area contributed by atoms with Crippen molar-refractivity contribution in [3.05, 3.63) is 69.4 Å². The number of fused-ring (bicyclic) bond motifs is 3. The molecule has 8 heteroatoms. The number of aromatic nitrogens is 3. The van der Waals surface area contributed by atoms with Gasteiger partial charge in [-0.15, -0.1) is 0 Å². The predicted molar refractivity (Wildman–Crippen MR) is 103 cm³/mol. The molecule has 4 rings (SSSR count). The van der Waals surface area contributed by atoms with Gasteiger partial charge in [0.15, 0.2) is 0 Å². The second kappa shape index (κ2) is 6.51. The summed E-state index contributed by atoms with van der Waals surface area (Å²) in [6.45, 7) is 1.69. The van der Waals surface area contributed by atoms with Gasteiger partial charge in [0.2, 0.25) is 5.91 Å². The summed E-state index contributed by atoms with van der Waals surface area (Å²) < 4.78 is 14.3. The van der Waals surface area contributed by atoms with Crippen molar-refractivity contribution in [3.63, 3.8) is 0 Å². The molecule has 0 saturated carbocycles. The number of carbonyl (C=O) groups is 1. The van der Waals surface area contributed by atoms with Gasteiger partial charge in [-0.3, -0.25) is 9.59 Å². The number of halogens is 2. The van der Waals surface area contributed by atoms with E-state index in [9.17, 15) is 14.0 Å². The van der Waals surface area contributed by atoms with Crippen molar-refractivity contribution in [1.29, 1.82) is 0 Å². The number of H-pyrrole nitrogens is 1. The van der Waals surface area contributed by atoms with Gasteiger partial charge in [0, 0.05) is 22.0 Å². The second-order valence-electron chi connectivity index (χ2n) is 6.25. The average Bonchev–Trinajstić information content (AvgIpc) is 2.99. The molecule has 1 amide bonds. The van der Waals surface area contributed by atoms with Gasteiger partial charge >= 0.3 is 0 Å². The van der Waals surface area contributed by atoms with Crippen molar-refractivity contribution in [1.82, 2.24) is 14.8 Å². The van der Waals surface area contributed by atoms with Gasteiger partial charge in [-0.25, -0.2) is 9.07 Å². The minimum absolute atomic E-state index is 0.0992. The predicted octanol–water partition coefficient (Wildman–Crippen LogP) is 3.62. The van der Waals surface area contributed by atoms with Gasteiger partial charge in [-0.1, -0.05) is 23.2 Å². The fraction of sp³-hybridized carbons (Fsp3) is 0.105. The zero-order valence-corrected chi connectivity index (χ0v) is 15.0. The van der Waals surface area contributed by atoms with Crippen molar-refractivity contribution < 1.29 is 9.18 Å². The topological polar surface area (TPSA) is 79.8 Å². The van der Waals surface area contributed by atoms with Crippen molar-refractivity contribution in [3.8, 4) is 0 Å². The van der Waals surface area contributed by atoms with Crippen LogP contribution >= 0.6 is 11.6 Å². The van der Waals surface area contributed by atoms with Gasteiger partial charge in [-0.05, 0) is 37.3 Å². The molecule has 0 radical (unpaired) electrons. The summed E-state index contributed by atoms with van der Waals surface area (Å²) >= 11 is 5.70. The molecule has 27 heavy (non-hydrogen) atoms. The molecule has 2 heterocycles. The summed E-state index contributed by atoms with van der Waals surface area (Å²) in [6.07, 6.45) is 1.57. The zero-order chi connectivity index (χ0) is 19.1. The lowest BCUT2D eigenvalue weighted by molar-refractivity contribution is -0.117. The van der Waals surface area contributed by atoms with Crippen molar-refractivity contribution in [2.45, 2.75) is 13.5 Å². The molecule has 2 N–H and O–H groups in total. The van der Waals surface area contributed by atoms with E-state index in [1.54, 1.807) is 6.20 Å². The van der Waals surface area contributed by atoms with E-state index >= 15 is 0 Å². The van der Waals surface area contributed by atoms with E-state index in [4.69, 9.17) is 11.6 Å². The molecule has 0 aliphatic carbocycles. The van der Waals surface area contributed by atoms with E-state index in [1.165, 1.54) is 12.1 Å². The van der Waals surface area contributed by atoms with Crippen molar-refractivity contribution >= 4 is 45.0 Å². The van der Waals surface area contributed by atoms with E-state index in [1.807, 2.05) is 25.1 Å². The maximum Gasteiger partial charge on any atom is 0.291 e. The fourth-order valence-corrected chi connectivity index (χ4v) is 3.14. The highest BCUT2D eigenvalue weighted by Crippen LogP contribution is 2.23. The first-order valence-electron chi connectivity index (χ1n) is 8.15. The maximum absolute atomic E-state index is 13.2. The van der Waals surface area contributed by atoms with Crippen LogP contribution in [0.25, 0.3) is 21.8 Å². The lowest BCUT2D eigenvalue weighted by atomic mass is 10.1. The Bertz CT molecular complexity index is 1260. The molecule has 0 fully saturated rings. The molecular weight excluding hydrogens is 371 g/mol. The van der Waals surface area contributed by atoms with Crippen LogP contribution < -0.4 is 10.9 Å². The number of amides is 1. The Morgan fingerprint density at radius 3 is 2.85 bits per heavy atom. The number of nitrogens with zero attached hydrogens (tertiary/aromatic N) is 2. The third kappa shape index (κ3) is 3.17. The highest BCUT2D eigenvalue weighted by atomic mass is 35.5. The minimum atomic E-state index is -0.577. The number of aryl methyl sites for hydroxylation is 1. The summed E-state index contributed by atoms with van der Waals surface area (Å²) in [5, 5.41) is 8.20. The van der Waals surface area contributed by atoms with Crippen LogP contribution in [0.2, 0.25) is 5.02 Å². The normalized spacial score (nSPS) is 11.2. The first-order chi connectivity index (χ1) is 12.9. The highest BCUT2D eigenvalue weighted by molar-refractivity contribution is 6.31. The number of hydrogen-bond acceptors (Lipinski definition) is 3. The van der Waals surface area contributed by atoms with Crippen LogP contribution in [0.15, 0.2) is 47.4 Å². The SMILES string of the molecule is Cc1ccc2[nH]c3c(=O)n(CC(=O)Nc4ccc(F)c(Cl)c4)ncc3c2c1. The number of benzene rings is 2. The molecule has 0 saturated heterocycles. The summed E-state index contributed by atoms with van der Waals surface area (Å²) in [5.74, 6) is -1.05. The molecular formula is C19H14ClFN4O2. The van der Waals surface area contributed by atoms with E-state index in [0.29, 0.717) is 16.6 Å². The number of anilines is 1. The number of rotatable bonds is 3. The molecule has 136 valence electrons. The Kier molecular flexibility index (Phi) is 4.16. The molecule has 0 aliphatic rings. The third-order valence-corrected chi connectivity index (χ3v) is 4.56. The molecule has 6 nitrogen and oxygen atoms in total. The van der Waals surface area contributed by atoms with Crippen LogP contribution in [-0.4, -0.2) is 20.7 Å². The van der Waals surface area contributed by atoms with Crippen molar-refractivity contribution in [2.24, 2.45) is 0 Å². The Morgan fingerprint density at radius 2 is 2.07 bits per heavy atom. The van der Waals surface area contributed by atoms with Crippen LogP contribution in [-0.2, 0) is 11.3 Å². The van der Waals surface area contributed by atoms with Crippen LogP contribution in [0.3, 0.4) is 0 Å². The lowest BCUT2D eigenvalue weighted by Crippen LogP contribution is -2.29. The van der Waals surface area contributed by atoms with Crippen molar-refractivity contribution in [2.75, 3.05) is 5.32 Å². The molecule has 0 spiro atoms. The molecule has 2 aromatic carbocycles. The number of hydrogen-bond donors (Lipinski definition) is 2. The smallest absolute Gasteiger partial charge is 0.291 e. The largest absolute Gasteiger partial charge is 0.350 e. The van der Waals surface area contributed by atoms with Gasteiger partial charge in [0.1, 0.15) is 17.9 Å². The van der Waals surface area contributed by atoms with Crippen LogP contribution in [0.5, 0.6) is 0 Å². The van der Waals surface area contributed by atoms with E-state index in [2.05, 4.69) is 15.4 Å². The van der Waals surface area contributed by atoms with E-state index in [0.717, 1.165) is 27.2 Å². The summed E-state index contributed by atoms with van der Waals surface area (Å²) in [6, 6.07) is 9.67. The maximum atomic E-state index is 13.2. The molecule has 2 aromatic heterocycles. The second-order valence-corrected chi connectivity index (χ2v) is 6.65. The number of carbonyl (C=O) groups excluding carboxylic acids is 1. The van der Waals surface area contributed by atoms with E-state index in [-0.39, 0.29) is 11.6 Å². The Labute approximate surface area is 157 Å². The number of nitrogens with one attached hydrogen (secondary N) is 2. The van der Waals surface area contributed by atoms with Gasteiger partial charge in [0.25, 0.3) is 5.56 Å². The monoisotopic (exact) mass is 384 g/mol. The fourth-order valence-electron chi connectivity index (χ4n) is 2.96. The van der Waals surface area contributed by atoms with Crippen LogP contribution in [0, 0.1) is 12.7 Å². The molecule has 0 aliphatic heterocycles. The first-order valence-corrected chi connectivity index (χ1v) is 8.53. The third-order valence-electron chi connectivity index (χ3n) is 4.27. The van der Waals surface area contributed by atoms with Gasteiger partial charge in [0.05, 0.1) is 11.2 Å². The first kappa shape index (κ1) is 17.2. The summed E-state index contributed by atoms with van der Waals surface area (Å²) in [4.78, 5) is 28.0. The molecule has 0 bridgehead atoms. The number of aromatic amines is 1. The summed E-state index contributed by atoms with van der Waals surface area (Å²) in [7, 11) is 0. The lowest BCUT2D eigenvalue weighted by Gasteiger charge is -2.07. The van der Waals surface area contributed by atoms with Gasteiger partial charge in [-0.2, -0.15) is 5.10 Å². The van der Waals surface area contributed by atoms with Crippen LogP contribution in [0.4, 0.5) is 10.1 Å². The Morgan fingerprint density at radius 1 is 1.26 bits per heavy atom. The summed E-state index contributed by atoms with van der Waals surface area (Å²) in [5.41, 5.74) is 2.24. The molecule has 4 aromatic rings. The highest BCUT2D eigenvalue weighted by Gasteiger charge is 2.13. The van der Waals surface area contributed by atoms with Gasteiger partial charge < -0.3 is 10.3 Å². The zero-order valence-electron chi connectivity index (χ0n) is 14.2. The Hall–Kier alpha value is -3.19. The Balaban J connectivity index is 1.64. The standard InChI is InChI=1S/C19H14ClFN4O2/c1-10-2-5-16-12(6-10)13-8-22-25(19(27)18(13)24-16)9-17(26)23-11-3-4-15(21)14(20)7-11/h2-8,24H,9H2,1H3,(H,23,26). The van der Waals surface area contributed by atoms with Crippen LogP contribution in [0.1, 0.15) is 5.56 Å². The quantitative estimate of drug-likeness (QED) is 0.566. The average molecular weight is 385 g/mol. The molecule has 0 unspecified atom stereocenters. The minimum Gasteiger partial charge on any atom is -0.350 e.